The van der Waals surface area contributed by atoms with Crippen molar-refractivity contribution in [2.24, 2.45) is 0 Å². The molecule has 4 aromatic rings. The van der Waals surface area contributed by atoms with E-state index in [1.165, 1.54) is 0 Å². The van der Waals surface area contributed by atoms with Gasteiger partial charge in [0.2, 0.25) is 5.82 Å². The van der Waals surface area contributed by atoms with E-state index in [0.29, 0.717) is 17.2 Å². The first kappa shape index (κ1) is 19.0. The zero-order valence-electron chi connectivity index (χ0n) is 16.9. The second-order valence-corrected chi connectivity index (χ2v) is 7.45. The molecular formula is C22H23N5O2. The average molecular weight is 389 g/mol. The monoisotopic (exact) mass is 389 g/mol. The lowest BCUT2D eigenvalue weighted by molar-refractivity contribution is 0.000604. The number of benzene rings is 1. The molecule has 7 nitrogen and oxygen atoms in total. The van der Waals surface area contributed by atoms with Crippen molar-refractivity contribution in [1.29, 1.82) is 0 Å². The van der Waals surface area contributed by atoms with Gasteiger partial charge in [0.15, 0.2) is 5.82 Å². The summed E-state index contributed by atoms with van der Waals surface area (Å²) in [6.07, 6.45) is 1.68. The van der Waals surface area contributed by atoms with Crippen molar-refractivity contribution in [3.05, 3.63) is 77.6 Å². The SMILES string of the molecule is Cc1cc(C)n(-c2ccc(-c3noc([C@](C)(O)[C@H](C)c4ccccc4)n3)cn2)n1. The first-order valence-electron chi connectivity index (χ1n) is 9.48. The highest BCUT2D eigenvalue weighted by atomic mass is 16.5. The molecule has 0 amide bonds. The Hall–Kier alpha value is -3.32. The van der Waals surface area contributed by atoms with Crippen molar-refractivity contribution in [2.45, 2.75) is 39.2 Å². The Bertz CT molecular complexity index is 1110. The topological polar surface area (TPSA) is 89.9 Å². The van der Waals surface area contributed by atoms with Crippen LogP contribution in [0.15, 0.2) is 59.3 Å². The molecule has 2 atom stereocenters. The van der Waals surface area contributed by atoms with Gasteiger partial charge in [-0.3, -0.25) is 0 Å². The van der Waals surface area contributed by atoms with Crippen LogP contribution in [-0.2, 0) is 5.60 Å². The number of hydrogen-bond donors (Lipinski definition) is 1. The molecule has 1 N–H and O–H groups in total. The van der Waals surface area contributed by atoms with E-state index in [-0.39, 0.29) is 11.8 Å². The lowest BCUT2D eigenvalue weighted by atomic mass is 9.85. The van der Waals surface area contributed by atoms with Crippen LogP contribution in [0, 0.1) is 13.8 Å². The third kappa shape index (κ3) is 3.56. The predicted molar refractivity (Wildman–Crippen MR) is 109 cm³/mol. The zero-order chi connectivity index (χ0) is 20.6. The predicted octanol–water partition coefficient (Wildman–Crippen LogP) is 3.95. The Morgan fingerprint density at radius 1 is 1.10 bits per heavy atom. The zero-order valence-corrected chi connectivity index (χ0v) is 16.9. The van der Waals surface area contributed by atoms with Gasteiger partial charge in [-0.1, -0.05) is 42.4 Å². The molecule has 148 valence electrons. The number of aliphatic hydroxyl groups is 1. The van der Waals surface area contributed by atoms with Gasteiger partial charge in [-0.2, -0.15) is 10.1 Å². The molecular weight excluding hydrogens is 366 g/mol. The van der Waals surface area contributed by atoms with Crippen LogP contribution < -0.4 is 0 Å². The fourth-order valence-electron chi connectivity index (χ4n) is 3.30. The number of aryl methyl sites for hydroxylation is 2. The lowest BCUT2D eigenvalue weighted by Crippen LogP contribution is -2.28. The summed E-state index contributed by atoms with van der Waals surface area (Å²) in [4.78, 5) is 8.90. The van der Waals surface area contributed by atoms with Crippen molar-refractivity contribution in [3.8, 4) is 17.2 Å². The number of pyridine rings is 1. The van der Waals surface area contributed by atoms with Crippen LogP contribution in [0.25, 0.3) is 17.2 Å². The fraction of sp³-hybridized carbons (Fsp3) is 0.273. The lowest BCUT2D eigenvalue weighted by Gasteiger charge is -2.26. The van der Waals surface area contributed by atoms with E-state index in [9.17, 15) is 5.11 Å². The molecule has 0 saturated heterocycles. The second-order valence-electron chi connectivity index (χ2n) is 7.45. The maximum absolute atomic E-state index is 11.1. The molecule has 0 aliphatic carbocycles. The van der Waals surface area contributed by atoms with E-state index in [1.54, 1.807) is 17.8 Å². The van der Waals surface area contributed by atoms with E-state index >= 15 is 0 Å². The summed E-state index contributed by atoms with van der Waals surface area (Å²) in [6, 6.07) is 15.5. The summed E-state index contributed by atoms with van der Waals surface area (Å²) >= 11 is 0. The van der Waals surface area contributed by atoms with Crippen LogP contribution in [0.1, 0.15) is 42.6 Å². The van der Waals surface area contributed by atoms with E-state index in [0.717, 1.165) is 17.0 Å². The molecule has 0 fully saturated rings. The van der Waals surface area contributed by atoms with E-state index < -0.39 is 5.60 Å². The van der Waals surface area contributed by atoms with E-state index in [4.69, 9.17) is 4.52 Å². The molecule has 0 unspecified atom stereocenters. The van der Waals surface area contributed by atoms with Crippen LogP contribution in [-0.4, -0.2) is 30.0 Å². The smallest absolute Gasteiger partial charge is 0.259 e. The van der Waals surface area contributed by atoms with Gasteiger partial charge in [-0.25, -0.2) is 9.67 Å². The Balaban J connectivity index is 1.59. The summed E-state index contributed by atoms with van der Waals surface area (Å²) < 4.78 is 7.19. The number of nitrogens with zero attached hydrogens (tertiary/aromatic N) is 5. The van der Waals surface area contributed by atoms with Gasteiger partial charge in [-0.15, -0.1) is 0 Å². The standard InChI is InChI=1S/C22H23N5O2/c1-14-12-15(2)27(25-14)19-11-10-18(13-23-19)20-24-21(29-26-20)22(4,28)16(3)17-8-6-5-7-9-17/h5-13,16,28H,1-4H3/t16-,22-/m1/s1. The third-order valence-corrected chi connectivity index (χ3v) is 5.23. The van der Waals surface area contributed by atoms with Gasteiger partial charge in [0.05, 0.1) is 5.69 Å². The van der Waals surface area contributed by atoms with Gasteiger partial charge in [0, 0.05) is 23.4 Å². The minimum absolute atomic E-state index is 0.173. The molecule has 3 heterocycles. The highest BCUT2D eigenvalue weighted by molar-refractivity contribution is 5.54. The minimum Gasteiger partial charge on any atom is -0.380 e. The van der Waals surface area contributed by atoms with Crippen LogP contribution in [0.5, 0.6) is 0 Å². The molecule has 3 aromatic heterocycles. The van der Waals surface area contributed by atoms with Gasteiger partial charge in [0.25, 0.3) is 5.89 Å². The van der Waals surface area contributed by atoms with Gasteiger partial charge in [-0.05, 0) is 44.5 Å². The first-order valence-corrected chi connectivity index (χ1v) is 9.48. The summed E-state index contributed by atoms with van der Waals surface area (Å²) in [5.74, 6) is 1.05. The van der Waals surface area contributed by atoms with Gasteiger partial charge in [0.1, 0.15) is 5.60 Å². The molecule has 0 aliphatic rings. The molecule has 1 aromatic carbocycles. The number of aromatic nitrogens is 5. The first-order chi connectivity index (χ1) is 13.9. The summed E-state index contributed by atoms with van der Waals surface area (Å²) in [5, 5.41) is 19.6. The van der Waals surface area contributed by atoms with Crippen LogP contribution >= 0.6 is 0 Å². The molecule has 4 rings (SSSR count). The fourth-order valence-corrected chi connectivity index (χ4v) is 3.30. The van der Waals surface area contributed by atoms with Crippen molar-refractivity contribution in [2.75, 3.05) is 0 Å². The van der Waals surface area contributed by atoms with E-state index in [1.807, 2.05) is 69.3 Å². The third-order valence-electron chi connectivity index (χ3n) is 5.23. The quantitative estimate of drug-likeness (QED) is 0.556. The van der Waals surface area contributed by atoms with Crippen LogP contribution in [0.3, 0.4) is 0 Å². The molecule has 0 bridgehead atoms. The largest absolute Gasteiger partial charge is 0.380 e. The van der Waals surface area contributed by atoms with E-state index in [2.05, 4.69) is 20.2 Å². The molecule has 0 aliphatic heterocycles. The Labute approximate surface area is 169 Å². The van der Waals surface area contributed by atoms with Crippen molar-refractivity contribution < 1.29 is 9.63 Å². The minimum atomic E-state index is -1.30. The molecule has 7 heteroatoms. The average Bonchev–Trinajstić information content (AvgIpc) is 3.35. The van der Waals surface area contributed by atoms with Crippen LogP contribution in [0.2, 0.25) is 0 Å². The van der Waals surface area contributed by atoms with Crippen molar-refractivity contribution >= 4 is 0 Å². The summed E-state index contributed by atoms with van der Waals surface area (Å²) in [7, 11) is 0. The molecule has 0 saturated carbocycles. The Morgan fingerprint density at radius 3 is 2.48 bits per heavy atom. The number of hydrogen-bond acceptors (Lipinski definition) is 6. The van der Waals surface area contributed by atoms with Gasteiger partial charge < -0.3 is 9.63 Å². The number of rotatable bonds is 5. The molecule has 0 radical (unpaired) electrons. The molecule has 29 heavy (non-hydrogen) atoms. The molecule has 0 spiro atoms. The summed E-state index contributed by atoms with van der Waals surface area (Å²) in [6.45, 7) is 7.55. The van der Waals surface area contributed by atoms with Crippen LogP contribution in [0.4, 0.5) is 0 Å². The maximum atomic E-state index is 11.1. The summed E-state index contributed by atoms with van der Waals surface area (Å²) in [5.41, 5.74) is 2.34. The highest BCUT2D eigenvalue weighted by Gasteiger charge is 2.37. The normalized spacial score (nSPS) is 14.5. The highest BCUT2D eigenvalue weighted by Crippen LogP contribution is 2.36. The maximum Gasteiger partial charge on any atom is 0.259 e. The second kappa shape index (κ2) is 7.25. The van der Waals surface area contributed by atoms with Gasteiger partial charge >= 0.3 is 0 Å². The Morgan fingerprint density at radius 2 is 1.86 bits per heavy atom. The van der Waals surface area contributed by atoms with Crippen molar-refractivity contribution in [3.63, 3.8) is 0 Å². The Kier molecular flexibility index (Phi) is 4.76. The van der Waals surface area contributed by atoms with Crippen molar-refractivity contribution in [1.82, 2.24) is 24.9 Å².